The Balaban J connectivity index is 1.98. The summed E-state index contributed by atoms with van der Waals surface area (Å²) in [5.74, 6) is -0.642. The van der Waals surface area contributed by atoms with E-state index >= 15 is 0 Å². The van der Waals surface area contributed by atoms with Gasteiger partial charge in [0.1, 0.15) is 11.6 Å². The minimum Gasteiger partial charge on any atom is -0.497 e. The first kappa shape index (κ1) is 18.9. The second kappa shape index (κ2) is 8.09. The predicted molar refractivity (Wildman–Crippen MR) is 93.3 cm³/mol. The van der Waals surface area contributed by atoms with Gasteiger partial charge in [0, 0.05) is 18.8 Å². The average Bonchev–Trinajstić information content (AvgIpc) is 2.56. The Morgan fingerprint density at radius 1 is 1.20 bits per heavy atom. The van der Waals surface area contributed by atoms with Crippen molar-refractivity contribution < 1.29 is 22.3 Å². The minimum absolute atomic E-state index is 0.309. The normalized spacial score (nSPS) is 11.4. The summed E-state index contributed by atoms with van der Waals surface area (Å²) >= 11 is 0. The molecule has 134 valence electrons. The molecule has 0 spiro atoms. The van der Waals surface area contributed by atoms with Gasteiger partial charge in [0.25, 0.3) is 0 Å². The fourth-order valence-electron chi connectivity index (χ4n) is 2.10. The zero-order valence-corrected chi connectivity index (χ0v) is 14.7. The van der Waals surface area contributed by atoms with Crippen LogP contribution >= 0.6 is 0 Å². The van der Waals surface area contributed by atoms with Gasteiger partial charge in [-0.15, -0.1) is 0 Å². The largest absolute Gasteiger partial charge is 0.497 e. The quantitative estimate of drug-likeness (QED) is 0.815. The van der Waals surface area contributed by atoms with Crippen LogP contribution in [0.2, 0.25) is 0 Å². The molecule has 0 atom stereocenters. The second-order valence-electron chi connectivity index (χ2n) is 5.42. The van der Waals surface area contributed by atoms with Gasteiger partial charge in [-0.25, -0.2) is 12.8 Å². The van der Waals surface area contributed by atoms with Crippen molar-refractivity contribution in [2.75, 3.05) is 26.0 Å². The first-order valence-corrected chi connectivity index (χ1v) is 9.03. The molecule has 0 heterocycles. The maximum absolute atomic E-state index is 12.9. The lowest BCUT2D eigenvalue weighted by molar-refractivity contribution is -0.116. The van der Waals surface area contributed by atoms with E-state index in [0.717, 1.165) is 4.31 Å². The van der Waals surface area contributed by atoms with E-state index in [1.54, 1.807) is 24.3 Å². The molecule has 6 nitrogen and oxygen atoms in total. The molecule has 0 radical (unpaired) electrons. The van der Waals surface area contributed by atoms with Crippen LogP contribution in [0.4, 0.5) is 10.1 Å². The number of sulfonamides is 1. The number of benzene rings is 2. The fraction of sp³-hybridized carbons (Fsp3) is 0.235. The number of likely N-dealkylation sites (N-methyl/N-ethyl adjacent to an activating group) is 1. The molecule has 1 amide bonds. The topological polar surface area (TPSA) is 75.7 Å². The standard InChI is InChI=1S/C17H19FN2O4S/c1-20(25(22,23)12-13-6-8-14(18)9-7-13)11-17(21)19-15-4-3-5-16(10-15)24-2/h3-10H,11-12H2,1-2H3,(H,19,21). The first-order chi connectivity index (χ1) is 11.8. The fourth-order valence-corrected chi connectivity index (χ4v) is 3.25. The molecule has 0 bridgehead atoms. The number of methoxy groups -OCH3 is 1. The second-order valence-corrected chi connectivity index (χ2v) is 7.49. The number of anilines is 1. The van der Waals surface area contributed by atoms with E-state index in [-0.39, 0.29) is 12.3 Å². The van der Waals surface area contributed by atoms with Crippen molar-refractivity contribution in [3.05, 3.63) is 59.9 Å². The van der Waals surface area contributed by atoms with Crippen LogP contribution in [0.3, 0.4) is 0 Å². The van der Waals surface area contributed by atoms with Crippen molar-refractivity contribution in [1.82, 2.24) is 4.31 Å². The van der Waals surface area contributed by atoms with Gasteiger partial charge in [0.15, 0.2) is 0 Å². The zero-order valence-electron chi connectivity index (χ0n) is 13.9. The molecule has 2 rings (SSSR count). The summed E-state index contributed by atoms with van der Waals surface area (Å²) in [7, 11) is -0.867. The van der Waals surface area contributed by atoms with Gasteiger partial charge in [0.2, 0.25) is 15.9 Å². The number of hydrogen-bond donors (Lipinski definition) is 1. The molecule has 8 heteroatoms. The monoisotopic (exact) mass is 366 g/mol. The molecular weight excluding hydrogens is 347 g/mol. The summed E-state index contributed by atoms with van der Waals surface area (Å²) in [6.45, 7) is -0.333. The van der Waals surface area contributed by atoms with E-state index < -0.39 is 21.7 Å². The highest BCUT2D eigenvalue weighted by Gasteiger charge is 2.21. The van der Waals surface area contributed by atoms with Gasteiger partial charge in [-0.2, -0.15) is 4.31 Å². The molecule has 1 N–H and O–H groups in total. The average molecular weight is 366 g/mol. The zero-order chi connectivity index (χ0) is 18.4. The van der Waals surface area contributed by atoms with Crippen molar-refractivity contribution >= 4 is 21.6 Å². The van der Waals surface area contributed by atoms with E-state index in [1.165, 1.54) is 38.4 Å². The Bertz CT molecular complexity index is 838. The molecule has 25 heavy (non-hydrogen) atoms. The Hall–Kier alpha value is -2.45. The predicted octanol–water partition coefficient (Wildman–Crippen LogP) is 2.23. The molecule has 2 aromatic rings. The summed E-state index contributed by atoms with van der Waals surface area (Å²) in [6.07, 6.45) is 0. The highest BCUT2D eigenvalue weighted by Crippen LogP contribution is 2.17. The van der Waals surface area contributed by atoms with E-state index in [1.807, 2.05) is 0 Å². The van der Waals surface area contributed by atoms with Crippen LogP contribution in [0.15, 0.2) is 48.5 Å². The molecule has 2 aromatic carbocycles. The van der Waals surface area contributed by atoms with Crippen LogP contribution in [0.1, 0.15) is 5.56 Å². The van der Waals surface area contributed by atoms with Gasteiger partial charge in [-0.3, -0.25) is 4.79 Å². The van der Waals surface area contributed by atoms with Crippen molar-refractivity contribution in [2.24, 2.45) is 0 Å². The highest BCUT2D eigenvalue weighted by molar-refractivity contribution is 7.88. The number of carbonyl (C=O) groups is 1. The van der Waals surface area contributed by atoms with E-state index in [9.17, 15) is 17.6 Å². The van der Waals surface area contributed by atoms with Crippen molar-refractivity contribution in [3.8, 4) is 5.75 Å². The number of hydrogen-bond acceptors (Lipinski definition) is 4. The summed E-state index contributed by atoms with van der Waals surface area (Å²) in [6, 6.07) is 11.9. The van der Waals surface area contributed by atoms with Gasteiger partial charge in [0.05, 0.1) is 19.4 Å². The SMILES string of the molecule is COc1cccc(NC(=O)CN(C)S(=O)(=O)Cc2ccc(F)cc2)c1. The number of nitrogens with zero attached hydrogens (tertiary/aromatic N) is 1. The maximum Gasteiger partial charge on any atom is 0.239 e. The molecule has 0 unspecified atom stereocenters. The van der Waals surface area contributed by atoms with Gasteiger partial charge < -0.3 is 10.1 Å². The number of ether oxygens (including phenoxy) is 1. The smallest absolute Gasteiger partial charge is 0.239 e. The Morgan fingerprint density at radius 3 is 2.52 bits per heavy atom. The van der Waals surface area contributed by atoms with E-state index in [2.05, 4.69) is 5.32 Å². The van der Waals surface area contributed by atoms with Crippen molar-refractivity contribution in [2.45, 2.75) is 5.75 Å². The van der Waals surface area contributed by atoms with Crippen LogP contribution in [0.5, 0.6) is 5.75 Å². The molecule has 0 aliphatic carbocycles. The molecule has 0 fully saturated rings. The van der Waals surface area contributed by atoms with E-state index in [4.69, 9.17) is 4.74 Å². The van der Waals surface area contributed by atoms with Gasteiger partial charge >= 0.3 is 0 Å². The number of amides is 1. The van der Waals surface area contributed by atoms with E-state index in [0.29, 0.717) is 17.0 Å². The summed E-state index contributed by atoms with van der Waals surface area (Å²) in [5.41, 5.74) is 0.954. The highest BCUT2D eigenvalue weighted by atomic mass is 32.2. The molecule has 0 saturated heterocycles. The van der Waals surface area contributed by atoms with Crippen LogP contribution in [-0.2, 0) is 20.6 Å². The lowest BCUT2D eigenvalue weighted by Gasteiger charge is -2.17. The maximum atomic E-state index is 12.9. The van der Waals surface area contributed by atoms with Crippen LogP contribution in [0.25, 0.3) is 0 Å². The third-order valence-corrected chi connectivity index (χ3v) is 5.23. The van der Waals surface area contributed by atoms with Crippen molar-refractivity contribution in [3.63, 3.8) is 0 Å². The molecular formula is C17H19FN2O4S. The number of nitrogens with one attached hydrogen (secondary N) is 1. The van der Waals surface area contributed by atoms with Gasteiger partial charge in [-0.05, 0) is 29.8 Å². The number of halogens is 1. The van der Waals surface area contributed by atoms with Crippen LogP contribution in [0, 0.1) is 5.82 Å². The number of rotatable bonds is 7. The lowest BCUT2D eigenvalue weighted by atomic mass is 10.2. The Labute approximate surface area is 146 Å². The van der Waals surface area contributed by atoms with Crippen LogP contribution in [-0.4, -0.2) is 39.3 Å². The summed E-state index contributed by atoms with van der Waals surface area (Å²) in [5, 5.41) is 2.62. The molecule has 0 aliphatic rings. The lowest BCUT2D eigenvalue weighted by Crippen LogP contribution is -2.35. The number of carbonyl (C=O) groups excluding carboxylic acids is 1. The Kier molecular flexibility index (Phi) is 6.11. The Morgan fingerprint density at radius 2 is 1.88 bits per heavy atom. The summed E-state index contributed by atoms with van der Waals surface area (Å²) in [4.78, 5) is 12.1. The van der Waals surface area contributed by atoms with Crippen molar-refractivity contribution in [1.29, 1.82) is 0 Å². The summed E-state index contributed by atoms with van der Waals surface area (Å²) < 4.78 is 43.5. The third-order valence-electron chi connectivity index (χ3n) is 3.46. The first-order valence-electron chi connectivity index (χ1n) is 7.42. The van der Waals surface area contributed by atoms with Crippen LogP contribution < -0.4 is 10.1 Å². The molecule has 0 saturated carbocycles. The van der Waals surface area contributed by atoms with Gasteiger partial charge in [-0.1, -0.05) is 18.2 Å². The molecule has 0 aromatic heterocycles. The third kappa shape index (κ3) is 5.54. The molecule has 0 aliphatic heterocycles. The minimum atomic E-state index is -3.70.